The molecule has 0 aliphatic carbocycles. The maximum atomic E-state index is 12.4. The van der Waals surface area contributed by atoms with Gasteiger partial charge in [0, 0.05) is 13.0 Å². The Bertz CT molecular complexity index is 369. The second-order valence-electron chi connectivity index (χ2n) is 5.98. The third kappa shape index (κ3) is 4.17. The lowest BCUT2D eigenvalue weighted by Gasteiger charge is -2.30. The maximum absolute atomic E-state index is 12.4. The zero-order chi connectivity index (χ0) is 15.2. The monoisotopic (exact) mass is 298 g/mol. The molecule has 0 aromatic carbocycles. The first kappa shape index (κ1) is 16.2. The van der Waals surface area contributed by atoms with Gasteiger partial charge >= 0.3 is 5.97 Å². The minimum Gasteiger partial charge on any atom is -0.481 e. The van der Waals surface area contributed by atoms with Crippen LogP contribution in [-0.4, -0.2) is 60.8 Å². The lowest BCUT2D eigenvalue weighted by Crippen LogP contribution is -2.46. The minimum atomic E-state index is -0.875. The van der Waals surface area contributed by atoms with E-state index >= 15 is 0 Å². The number of carbonyl (C=O) groups excluding carboxylic acids is 1. The lowest BCUT2D eigenvalue weighted by molar-refractivity contribution is -0.145. The van der Waals surface area contributed by atoms with Gasteiger partial charge in [-0.05, 0) is 45.2 Å². The Morgan fingerprint density at radius 1 is 1.38 bits per heavy atom. The molecule has 0 saturated carbocycles. The zero-order valence-electron chi connectivity index (χ0n) is 12.7. The van der Waals surface area contributed by atoms with Gasteiger partial charge in [0.05, 0.1) is 19.3 Å². The van der Waals surface area contributed by atoms with Crippen molar-refractivity contribution in [1.82, 2.24) is 10.2 Å². The van der Waals surface area contributed by atoms with Gasteiger partial charge in [0.25, 0.3) is 0 Å². The molecule has 0 radical (unpaired) electrons. The molecule has 0 spiro atoms. The largest absolute Gasteiger partial charge is 0.481 e. The fraction of sp³-hybridized carbons (Fsp3) is 0.867. The van der Waals surface area contributed by atoms with Crippen LogP contribution in [0.2, 0.25) is 0 Å². The number of likely N-dealkylation sites (N-methyl/N-ethyl adjacent to an activating group) is 1. The van der Waals surface area contributed by atoms with E-state index in [1.807, 2.05) is 6.92 Å². The summed E-state index contributed by atoms with van der Waals surface area (Å²) in [6, 6.07) is -0.315. The molecule has 0 bridgehead atoms. The fourth-order valence-electron chi connectivity index (χ4n) is 3.32. The molecule has 1 amide bonds. The van der Waals surface area contributed by atoms with Crippen LogP contribution in [0.1, 0.15) is 32.6 Å². The number of aliphatic carboxylic acids is 1. The van der Waals surface area contributed by atoms with Crippen molar-refractivity contribution in [1.29, 1.82) is 0 Å². The molecular formula is C15H26N2O4. The van der Waals surface area contributed by atoms with E-state index in [4.69, 9.17) is 4.74 Å². The van der Waals surface area contributed by atoms with Crippen molar-refractivity contribution in [2.24, 2.45) is 11.8 Å². The highest BCUT2D eigenvalue weighted by molar-refractivity contribution is 5.78. The van der Waals surface area contributed by atoms with Gasteiger partial charge in [-0.15, -0.1) is 0 Å². The highest BCUT2D eigenvalue weighted by Crippen LogP contribution is 2.22. The predicted molar refractivity (Wildman–Crippen MR) is 77.9 cm³/mol. The van der Waals surface area contributed by atoms with Crippen LogP contribution in [0.25, 0.3) is 0 Å². The molecule has 2 saturated heterocycles. The summed E-state index contributed by atoms with van der Waals surface area (Å²) < 4.78 is 5.27. The van der Waals surface area contributed by atoms with Crippen molar-refractivity contribution in [2.45, 2.75) is 38.6 Å². The summed E-state index contributed by atoms with van der Waals surface area (Å²) in [7, 11) is 0. The minimum absolute atomic E-state index is 0.0600. The number of hydrogen-bond donors (Lipinski definition) is 2. The number of hydrogen-bond acceptors (Lipinski definition) is 4. The molecule has 120 valence electrons. The highest BCUT2D eigenvalue weighted by Gasteiger charge is 2.39. The molecule has 0 aromatic heterocycles. The Labute approximate surface area is 125 Å². The van der Waals surface area contributed by atoms with Gasteiger partial charge in [-0.3, -0.25) is 9.59 Å². The van der Waals surface area contributed by atoms with Crippen LogP contribution < -0.4 is 5.32 Å². The quantitative estimate of drug-likeness (QED) is 0.755. The van der Waals surface area contributed by atoms with Crippen molar-refractivity contribution in [3.63, 3.8) is 0 Å². The Morgan fingerprint density at radius 2 is 2.19 bits per heavy atom. The molecule has 21 heavy (non-hydrogen) atoms. The summed E-state index contributed by atoms with van der Waals surface area (Å²) in [6.07, 6.45) is 3.74. The average molecular weight is 298 g/mol. The van der Waals surface area contributed by atoms with Crippen LogP contribution in [0.15, 0.2) is 0 Å². The molecule has 3 unspecified atom stereocenters. The Morgan fingerprint density at radius 3 is 2.81 bits per heavy atom. The van der Waals surface area contributed by atoms with Crippen LogP contribution >= 0.6 is 0 Å². The first-order valence-corrected chi connectivity index (χ1v) is 7.94. The first-order valence-electron chi connectivity index (χ1n) is 7.94. The fourth-order valence-corrected chi connectivity index (χ4v) is 3.32. The highest BCUT2D eigenvalue weighted by atomic mass is 16.5. The van der Waals surface area contributed by atoms with Crippen molar-refractivity contribution >= 4 is 11.9 Å². The number of carboxylic acids is 1. The standard InChI is InChI=1S/C15H26N2O4/c1-2-17(13-10-21-9-12(13)15(19)20)14(18)6-5-11-4-3-7-16-8-11/h11-13,16H,2-10H2,1H3,(H,19,20). The van der Waals surface area contributed by atoms with Gasteiger partial charge < -0.3 is 20.1 Å². The molecule has 6 heteroatoms. The summed E-state index contributed by atoms with van der Waals surface area (Å²) in [4.78, 5) is 25.4. The third-order valence-corrected chi connectivity index (χ3v) is 4.59. The molecule has 2 N–H and O–H groups in total. The van der Waals surface area contributed by atoms with E-state index < -0.39 is 11.9 Å². The Kier molecular flexibility index (Phi) is 5.99. The Balaban J connectivity index is 1.87. The first-order chi connectivity index (χ1) is 10.1. The van der Waals surface area contributed by atoms with E-state index in [0.717, 1.165) is 19.5 Å². The SMILES string of the molecule is CCN(C(=O)CCC1CCCNC1)C1COCC1C(=O)O. The van der Waals surface area contributed by atoms with E-state index in [9.17, 15) is 14.7 Å². The average Bonchev–Trinajstić information content (AvgIpc) is 2.96. The molecule has 2 aliphatic heterocycles. The summed E-state index contributed by atoms with van der Waals surface area (Å²) in [5.74, 6) is -0.841. The third-order valence-electron chi connectivity index (χ3n) is 4.59. The van der Waals surface area contributed by atoms with Crippen molar-refractivity contribution in [3.05, 3.63) is 0 Å². The predicted octanol–water partition coefficient (Wildman–Crippen LogP) is 0.714. The lowest BCUT2D eigenvalue weighted by atomic mass is 9.94. The number of piperidine rings is 1. The molecule has 2 rings (SSSR count). The van der Waals surface area contributed by atoms with Gasteiger partial charge in [-0.1, -0.05) is 0 Å². The summed E-state index contributed by atoms with van der Waals surface area (Å²) in [6.45, 7) is 5.05. The van der Waals surface area contributed by atoms with E-state index in [0.29, 0.717) is 25.5 Å². The molecule has 2 aliphatic rings. The number of rotatable bonds is 6. The topological polar surface area (TPSA) is 78.9 Å². The van der Waals surface area contributed by atoms with Crippen LogP contribution in [-0.2, 0) is 14.3 Å². The van der Waals surface area contributed by atoms with E-state index in [2.05, 4.69) is 5.32 Å². The van der Waals surface area contributed by atoms with Gasteiger partial charge in [0.2, 0.25) is 5.91 Å². The summed E-state index contributed by atoms with van der Waals surface area (Å²) in [5.41, 5.74) is 0. The van der Waals surface area contributed by atoms with Crippen LogP contribution in [0.5, 0.6) is 0 Å². The van der Waals surface area contributed by atoms with Crippen LogP contribution in [0, 0.1) is 11.8 Å². The van der Waals surface area contributed by atoms with Gasteiger partial charge in [0.1, 0.15) is 5.92 Å². The van der Waals surface area contributed by atoms with Crippen molar-refractivity contribution < 1.29 is 19.4 Å². The number of carbonyl (C=O) groups is 2. The molecule has 6 nitrogen and oxygen atoms in total. The van der Waals surface area contributed by atoms with Crippen molar-refractivity contribution in [3.8, 4) is 0 Å². The van der Waals surface area contributed by atoms with Crippen LogP contribution in [0.3, 0.4) is 0 Å². The van der Waals surface area contributed by atoms with Gasteiger partial charge in [0.15, 0.2) is 0 Å². The van der Waals surface area contributed by atoms with E-state index in [1.165, 1.54) is 12.8 Å². The van der Waals surface area contributed by atoms with Crippen molar-refractivity contribution in [2.75, 3.05) is 32.8 Å². The molecule has 3 atom stereocenters. The molecule has 2 fully saturated rings. The summed E-state index contributed by atoms with van der Waals surface area (Å²) >= 11 is 0. The van der Waals surface area contributed by atoms with Crippen LogP contribution in [0.4, 0.5) is 0 Å². The number of carboxylic acid groups (broad SMARTS) is 1. The zero-order valence-corrected chi connectivity index (χ0v) is 12.7. The van der Waals surface area contributed by atoms with E-state index in [-0.39, 0.29) is 18.6 Å². The number of amides is 1. The second-order valence-corrected chi connectivity index (χ2v) is 5.98. The number of nitrogens with one attached hydrogen (secondary N) is 1. The smallest absolute Gasteiger partial charge is 0.311 e. The Hall–Kier alpha value is -1.14. The molecule has 0 aromatic rings. The molecular weight excluding hydrogens is 272 g/mol. The molecule has 2 heterocycles. The van der Waals surface area contributed by atoms with E-state index in [1.54, 1.807) is 4.90 Å². The normalized spacial score (nSPS) is 29.3. The summed E-state index contributed by atoms with van der Waals surface area (Å²) in [5, 5.41) is 12.6. The number of ether oxygens (including phenoxy) is 1. The van der Waals surface area contributed by atoms with Gasteiger partial charge in [-0.2, -0.15) is 0 Å². The second kappa shape index (κ2) is 7.75. The van der Waals surface area contributed by atoms with Gasteiger partial charge in [-0.25, -0.2) is 0 Å². The maximum Gasteiger partial charge on any atom is 0.311 e. The number of nitrogens with zero attached hydrogens (tertiary/aromatic N) is 1.